The molecule has 6 aromatic rings. The number of nitrogens with zero attached hydrogens (tertiary/aromatic N) is 2. The van der Waals surface area contributed by atoms with Crippen molar-refractivity contribution >= 4 is 34.2 Å². The average molecular weight is 611 g/mol. The Labute approximate surface area is 277 Å². The first-order chi connectivity index (χ1) is 22.6. The molecule has 0 amide bonds. The summed E-state index contributed by atoms with van der Waals surface area (Å²) in [6.07, 6.45) is 0. The normalized spacial score (nSPS) is 14.6. The van der Waals surface area contributed by atoms with Crippen LogP contribution in [0.2, 0.25) is 0 Å². The summed E-state index contributed by atoms with van der Waals surface area (Å²) >= 11 is 0. The lowest BCUT2D eigenvalue weighted by Gasteiger charge is -2.47. The molecule has 0 spiro atoms. The van der Waals surface area contributed by atoms with E-state index in [-0.39, 0.29) is 16.7 Å². The van der Waals surface area contributed by atoms with Crippen LogP contribution >= 0.6 is 0 Å². The molecular formula is C44H38N2O. The molecule has 3 nitrogen and oxygen atoms in total. The second kappa shape index (κ2) is 10.6. The van der Waals surface area contributed by atoms with Gasteiger partial charge in [0.25, 0.3) is 0 Å². The third-order valence-corrected chi connectivity index (χ3v) is 9.82. The van der Waals surface area contributed by atoms with Crippen LogP contribution in [0.3, 0.4) is 0 Å². The lowest BCUT2D eigenvalue weighted by molar-refractivity contribution is 0.103. The van der Waals surface area contributed by atoms with E-state index in [0.29, 0.717) is 0 Å². The van der Waals surface area contributed by atoms with E-state index < -0.39 is 0 Å². The monoisotopic (exact) mass is 610 g/mol. The first-order valence-electron chi connectivity index (χ1n) is 16.4. The fourth-order valence-electron chi connectivity index (χ4n) is 7.58. The van der Waals surface area contributed by atoms with Crippen LogP contribution < -0.4 is 9.80 Å². The topological polar surface area (TPSA) is 23.6 Å². The molecule has 0 saturated carbocycles. The Kier molecular flexibility index (Phi) is 6.53. The third kappa shape index (κ3) is 4.60. The van der Waals surface area contributed by atoms with Crippen LogP contribution in [0.25, 0.3) is 22.3 Å². The number of benzene rings is 6. The van der Waals surface area contributed by atoms with E-state index in [4.69, 9.17) is 0 Å². The van der Waals surface area contributed by atoms with Gasteiger partial charge in [0.1, 0.15) is 0 Å². The van der Waals surface area contributed by atoms with Crippen molar-refractivity contribution in [1.29, 1.82) is 0 Å². The minimum atomic E-state index is -0.292. The molecule has 0 N–H and O–H groups in total. The minimum Gasteiger partial charge on any atom is -0.333 e. The van der Waals surface area contributed by atoms with Crippen molar-refractivity contribution in [2.24, 2.45) is 0 Å². The van der Waals surface area contributed by atoms with Crippen LogP contribution in [0.1, 0.15) is 61.7 Å². The van der Waals surface area contributed by atoms with Gasteiger partial charge in [0, 0.05) is 27.8 Å². The zero-order chi connectivity index (χ0) is 32.5. The van der Waals surface area contributed by atoms with Gasteiger partial charge in [-0.25, -0.2) is 0 Å². The van der Waals surface area contributed by atoms with E-state index in [1.54, 1.807) is 0 Å². The zero-order valence-electron chi connectivity index (χ0n) is 27.6. The summed E-state index contributed by atoms with van der Waals surface area (Å²) in [4.78, 5) is 19.0. The summed E-state index contributed by atoms with van der Waals surface area (Å²) in [5.41, 5.74) is 13.3. The first-order valence-corrected chi connectivity index (χ1v) is 16.4. The molecule has 8 rings (SSSR count). The number of carbonyl (C=O) groups excluding carboxylic acids is 1. The highest BCUT2D eigenvalue weighted by Crippen LogP contribution is 2.56. The molecule has 0 fully saturated rings. The standard InChI is InChI=1S/C44H38N2O/c1-43(2,3)46-38-24-20-31(29-14-8-6-9-15-29)26-40(38)45(41-27-32(21-25-39(41)46)30-16-10-7-11-17-30)33-22-23-37-35(28-33)42(47)34-18-12-13-19-36(34)44(37,4)5/h6-28H,1-5H3. The quantitative estimate of drug-likeness (QED) is 0.199. The Balaban J connectivity index is 1.40. The van der Waals surface area contributed by atoms with E-state index in [1.807, 2.05) is 18.2 Å². The van der Waals surface area contributed by atoms with Crippen molar-refractivity contribution in [1.82, 2.24) is 0 Å². The number of anilines is 5. The molecule has 0 atom stereocenters. The van der Waals surface area contributed by atoms with Crippen molar-refractivity contribution in [3.05, 3.63) is 162 Å². The van der Waals surface area contributed by atoms with Gasteiger partial charge in [-0.15, -0.1) is 0 Å². The van der Waals surface area contributed by atoms with Gasteiger partial charge >= 0.3 is 0 Å². The van der Waals surface area contributed by atoms with Gasteiger partial charge < -0.3 is 9.80 Å². The fraction of sp³-hybridized carbons (Fsp3) is 0.159. The molecule has 3 heteroatoms. The molecular weight excluding hydrogens is 572 g/mol. The highest BCUT2D eigenvalue weighted by Gasteiger charge is 2.39. The molecule has 0 aromatic heterocycles. The van der Waals surface area contributed by atoms with Gasteiger partial charge in [0.05, 0.1) is 22.7 Å². The Bertz CT molecular complexity index is 2080. The van der Waals surface area contributed by atoms with Crippen molar-refractivity contribution in [2.45, 2.75) is 45.6 Å². The molecule has 230 valence electrons. The number of ketones is 1. The number of carbonyl (C=O) groups is 1. The molecule has 0 saturated heterocycles. The maximum atomic E-state index is 14.2. The number of rotatable bonds is 3. The Hall–Kier alpha value is -5.41. The van der Waals surface area contributed by atoms with Crippen LogP contribution in [-0.4, -0.2) is 11.3 Å². The average Bonchev–Trinajstić information content (AvgIpc) is 3.09. The Morgan fingerprint density at radius 1 is 0.489 bits per heavy atom. The van der Waals surface area contributed by atoms with Gasteiger partial charge in [0.2, 0.25) is 0 Å². The van der Waals surface area contributed by atoms with Crippen LogP contribution in [0, 0.1) is 0 Å². The Morgan fingerprint density at radius 2 is 1.00 bits per heavy atom. The summed E-state index contributed by atoms with van der Waals surface area (Å²) < 4.78 is 0. The van der Waals surface area contributed by atoms with Gasteiger partial charge in [0.15, 0.2) is 5.78 Å². The summed E-state index contributed by atoms with van der Waals surface area (Å²) in [6, 6.07) is 49.3. The highest BCUT2D eigenvalue weighted by molar-refractivity contribution is 6.14. The van der Waals surface area contributed by atoms with Crippen LogP contribution in [-0.2, 0) is 5.41 Å². The molecule has 0 radical (unpaired) electrons. The lowest BCUT2D eigenvalue weighted by atomic mass is 9.68. The number of hydrogen-bond donors (Lipinski definition) is 0. The predicted molar refractivity (Wildman–Crippen MR) is 196 cm³/mol. The molecule has 1 aliphatic heterocycles. The molecule has 1 heterocycles. The van der Waals surface area contributed by atoms with Crippen LogP contribution in [0.15, 0.2) is 140 Å². The van der Waals surface area contributed by atoms with Crippen molar-refractivity contribution < 1.29 is 4.79 Å². The largest absolute Gasteiger partial charge is 0.333 e. The molecule has 0 bridgehead atoms. The molecule has 0 unspecified atom stereocenters. The summed E-state index contributed by atoms with van der Waals surface area (Å²) in [5, 5.41) is 0. The van der Waals surface area contributed by atoms with E-state index >= 15 is 0 Å². The minimum absolute atomic E-state index is 0.0848. The van der Waals surface area contributed by atoms with Gasteiger partial charge in [-0.1, -0.05) is 117 Å². The van der Waals surface area contributed by atoms with Gasteiger partial charge in [-0.05, 0) is 90.6 Å². The summed E-state index contributed by atoms with van der Waals surface area (Å²) in [7, 11) is 0. The lowest BCUT2D eigenvalue weighted by Crippen LogP contribution is -2.41. The maximum absolute atomic E-state index is 14.2. The molecule has 1 aliphatic carbocycles. The second-order valence-electron chi connectivity index (χ2n) is 14.2. The Morgan fingerprint density at radius 3 is 1.55 bits per heavy atom. The van der Waals surface area contributed by atoms with Crippen LogP contribution in [0.4, 0.5) is 28.4 Å². The fourth-order valence-corrected chi connectivity index (χ4v) is 7.58. The first kappa shape index (κ1) is 29.0. The van der Waals surface area contributed by atoms with E-state index in [0.717, 1.165) is 61.8 Å². The molecule has 47 heavy (non-hydrogen) atoms. The molecule has 6 aromatic carbocycles. The SMILES string of the molecule is CC1(C)c2ccccc2C(=O)c2cc(N3c4cc(-c5ccccc5)ccc4N(C(C)(C)C)c4ccc(-c5ccccc5)cc43)ccc21. The number of fused-ring (bicyclic) bond motifs is 4. The van der Waals surface area contributed by atoms with Crippen molar-refractivity contribution in [2.75, 3.05) is 9.80 Å². The van der Waals surface area contributed by atoms with E-state index in [9.17, 15) is 4.79 Å². The van der Waals surface area contributed by atoms with Crippen molar-refractivity contribution in [3.8, 4) is 22.3 Å². The van der Waals surface area contributed by atoms with Crippen molar-refractivity contribution in [3.63, 3.8) is 0 Å². The summed E-state index contributed by atoms with van der Waals surface area (Å²) in [6.45, 7) is 11.3. The molecule has 2 aliphatic rings. The predicted octanol–water partition coefficient (Wildman–Crippen LogP) is 11.6. The number of hydrogen-bond acceptors (Lipinski definition) is 3. The van der Waals surface area contributed by atoms with E-state index in [2.05, 4.69) is 166 Å². The van der Waals surface area contributed by atoms with Gasteiger partial charge in [-0.2, -0.15) is 0 Å². The smallest absolute Gasteiger partial charge is 0.193 e. The van der Waals surface area contributed by atoms with E-state index in [1.165, 1.54) is 11.1 Å². The highest BCUT2D eigenvalue weighted by atomic mass is 16.1. The van der Waals surface area contributed by atoms with Crippen LogP contribution in [0.5, 0.6) is 0 Å². The third-order valence-electron chi connectivity index (χ3n) is 9.82. The second-order valence-corrected chi connectivity index (χ2v) is 14.2. The summed E-state index contributed by atoms with van der Waals surface area (Å²) in [5.74, 6) is 0.0848. The maximum Gasteiger partial charge on any atom is 0.193 e. The zero-order valence-corrected chi connectivity index (χ0v) is 27.6. The van der Waals surface area contributed by atoms with Gasteiger partial charge in [-0.3, -0.25) is 4.79 Å².